The molecule has 0 fully saturated rings. The summed E-state index contributed by atoms with van der Waals surface area (Å²) in [6, 6.07) is 14.8. The van der Waals surface area contributed by atoms with E-state index in [-0.39, 0.29) is 37.6 Å². The third-order valence-electron chi connectivity index (χ3n) is 5.29. The van der Waals surface area contributed by atoms with Crippen LogP contribution in [0.2, 0.25) is 5.02 Å². The summed E-state index contributed by atoms with van der Waals surface area (Å²) in [5.41, 5.74) is 0.618. The zero-order valence-corrected chi connectivity index (χ0v) is 19.3. The maximum atomic E-state index is 13.2. The van der Waals surface area contributed by atoms with Crippen molar-refractivity contribution in [1.29, 1.82) is 0 Å². The van der Waals surface area contributed by atoms with Gasteiger partial charge in [-0.05, 0) is 28.6 Å². The Morgan fingerprint density at radius 1 is 1.09 bits per heavy atom. The average molecular weight is 499 g/mol. The van der Waals surface area contributed by atoms with Crippen molar-refractivity contribution in [3.05, 3.63) is 107 Å². The largest absolute Gasteiger partial charge is 0.352 e. The third-order valence-corrected chi connectivity index (χ3v) is 6.56. The molecule has 2 heterocycles. The Labute approximate surface area is 202 Å². The smallest absolute Gasteiger partial charge is 0.331 e. The van der Waals surface area contributed by atoms with Crippen LogP contribution in [0.15, 0.2) is 69.6 Å². The van der Waals surface area contributed by atoms with Crippen LogP contribution >= 0.6 is 22.9 Å². The number of nitrogens with one attached hydrogen (secondary N) is 1. The number of rotatable bonds is 8. The van der Waals surface area contributed by atoms with Gasteiger partial charge in [-0.3, -0.25) is 28.8 Å². The molecule has 0 bridgehead atoms. The summed E-state index contributed by atoms with van der Waals surface area (Å²) in [5.74, 6) is -0.331. The van der Waals surface area contributed by atoms with Gasteiger partial charge < -0.3 is 5.32 Å². The summed E-state index contributed by atoms with van der Waals surface area (Å²) >= 11 is 7.30. The van der Waals surface area contributed by atoms with Gasteiger partial charge in [-0.2, -0.15) is 0 Å². The van der Waals surface area contributed by atoms with Gasteiger partial charge in [0, 0.05) is 36.7 Å². The number of aromatic nitrogens is 2. The Balaban J connectivity index is 1.57. The number of thiophene rings is 1. The van der Waals surface area contributed by atoms with Crippen LogP contribution in [0, 0.1) is 10.1 Å². The van der Waals surface area contributed by atoms with Gasteiger partial charge in [0.05, 0.1) is 17.0 Å². The van der Waals surface area contributed by atoms with Gasteiger partial charge in [0.1, 0.15) is 4.70 Å². The lowest BCUT2D eigenvalue weighted by molar-refractivity contribution is -0.384. The van der Waals surface area contributed by atoms with E-state index in [1.165, 1.54) is 28.0 Å². The van der Waals surface area contributed by atoms with Crippen molar-refractivity contribution < 1.29 is 9.72 Å². The summed E-state index contributed by atoms with van der Waals surface area (Å²) < 4.78 is 2.81. The Bertz CT molecular complexity index is 1510. The van der Waals surface area contributed by atoms with Crippen LogP contribution in [0.3, 0.4) is 0 Å². The predicted octanol–water partition coefficient (Wildman–Crippen LogP) is 3.54. The first-order chi connectivity index (χ1) is 16.3. The minimum Gasteiger partial charge on any atom is -0.352 e. The molecule has 2 aromatic heterocycles. The summed E-state index contributed by atoms with van der Waals surface area (Å²) in [6.07, 6.45) is -0.0761. The first-order valence-corrected chi connectivity index (χ1v) is 11.5. The van der Waals surface area contributed by atoms with Crippen LogP contribution in [0.25, 0.3) is 10.2 Å². The van der Waals surface area contributed by atoms with Gasteiger partial charge in [0.15, 0.2) is 0 Å². The zero-order chi connectivity index (χ0) is 24.2. The monoisotopic (exact) mass is 498 g/mol. The van der Waals surface area contributed by atoms with Crippen molar-refractivity contribution in [1.82, 2.24) is 14.5 Å². The zero-order valence-electron chi connectivity index (χ0n) is 17.8. The van der Waals surface area contributed by atoms with E-state index in [0.717, 1.165) is 10.1 Å². The normalized spacial score (nSPS) is 11.0. The highest BCUT2D eigenvalue weighted by molar-refractivity contribution is 7.17. The van der Waals surface area contributed by atoms with E-state index in [1.54, 1.807) is 41.8 Å². The SMILES string of the molecule is O=C(CCn1c(=O)c2sccc2n(Cc2cccc([N+](=O)[O-])c2)c1=O)NCc1ccccc1Cl. The second kappa shape index (κ2) is 10.0. The number of amides is 1. The van der Waals surface area contributed by atoms with E-state index in [4.69, 9.17) is 11.6 Å². The minimum absolute atomic E-state index is 0.0483. The third kappa shape index (κ3) is 4.92. The molecule has 0 radical (unpaired) electrons. The van der Waals surface area contributed by atoms with E-state index in [0.29, 0.717) is 20.8 Å². The fourth-order valence-electron chi connectivity index (χ4n) is 3.57. The molecule has 34 heavy (non-hydrogen) atoms. The molecule has 0 aliphatic carbocycles. The van der Waals surface area contributed by atoms with Gasteiger partial charge in [-0.1, -0.05) is 41.9 Å². The molecule has 174 valence electrons. The summed E-state index contributed by atoms with van der Waals surface area (Å²) in [5, 5.41) is 16.1. The molecular weight excluding hydrogens is 480 g/mol. The van der Waals surface area contributed by atoms with Crippen molar-refractivity contribution >= 4 is 44.7 Å². The Morgan fingerprint density at radius 2 is 1.88 bits per heavy atom. The number of halogens is 1. The van der Waals surface area contributed by atoms with Crippen molar-refractivity contribution in [2.24, 2.45) is 0 Å². The first-order valence-electron chi connectivity index (χ1n) is 10.3. The molecule has 2 aromatic carbocycles. The van der Waals surface area contributed by atoms with Gasteiger partial charge in [-0.25, -0.2) is 4.79 Å². The number of carbonyl (C=O) groups excluding carboxylic acids is 1. The van der Waals surface area contributed by atoms with E-state index < -0.39 is 16.2 Å². The summed E-state index contributed by atoms with van der Waals surface area (Å²) in [4.78, 5) is 49.1. The first kappa shape index (κ1) is 23.4. The van der Waals surface area contributed by atoms with Crippen LogP contribution in [0.5, 0.6) is 0 Å². The molecule has 0 saturated heterocycles. The fourth-order valence-corrected chi connectivity index (χ4v) is 4.62. The maximum Gasteiger partial charge on any atom is 0.331 e. The Morgan fingerprint density at radius 3 is 2.65 bits per heavy atom. The van der Waals surface area contributed by atoms with Crippen LogP contribution in [-0.2, 0) is 24.4 Å². The second-order valence-electron chi connectivity index (χ2n) is 7.51. The lowest BCUT2D eigenvalue weighted by Crippen LogP contribution is -2.40. The number of nitro groups is 1. The van der Waals surface area contributed by atoms with Gasteiger partial charge in [0.25, 0.3) is 11.2 Å². The van der Waals surface area contributed by atoms with Crippen molar-refractivity contribution in [2.75, 3.05) is 0 Å². The second-order valence-corrected chi connectivity index (χ2v) is 8.83. The van der Waals surface area contributed by atoms with Gasteiger partial charge in [-0.15, -0.1) is 11.3 Å². The molecule has 9 nitrogen and oxygen atoms in total. The van der Waals surface area contributed by atoms with E-state index >= 15 is 0 Å². The molecule has 0 saturated carbocycles. The number of nitrogens with zero attached hydrogens (tertiary/aromatic N) is 3. The van der Waals surface area contributed by atoms with Crippen LogP contribution in [-0.4, -0.2) is 20.0 Å². The summed E-state index contributed by atoms with van der Waals surface area (Å²) in [6.45, 7) is 0.177. The highest BCUT2D eigenvalue weighted by atomic mass is 35.5. The quantitative estimate of drug-likeness (QED) is 0.294. The number of hydrogen-bond donors (Lipinski definition) is 1. The Kier molecular flexibility index (Phi) is 6.90. The number of benzene rings is 2. The molecule has 0 aliphatic rings. The number of nitro benzene ring substituents is 1. The molecule has 0 unspecified atom stereocenters. The Hall–Kier alpha value is -3.76. The van der Waals surface area contributed by atoms with Gasteiger partial charge >= 0.3 is 5.69 Å². The topological polar surface area (TPSA) is 116 Å². The molecule has 0 aliphatic heterocycles. The van der Waals surface area contributed by atoms with Crippen molar-refractivity contribution in [3.8, 4) is 0 Å². The van der Waals surface area contributed by atoms with E-state index in [2.05, 4.69) is 5.32 Å². The summed E-state index contributed by atoms with van der Waals surface area (Å²) in [7, 11) is 0. The van der Waals surface area contributed by atoms with Crippen molar-refractivity contribution in [2.45, 2.75) is 26.1 Å². The fraction of sp³-hybridized carbons (Fsp3) is 0.174. The number of hydrogen-bond acceptors (Lipinski definition) is 6. The van der Waals surface area contributed by atoms with E-state index in [9.17, 15) is 24.5 Å². The maximum absolute atomic E-state index is 13.2. The van der Waals surface area contributed by atoms with Crippen LogP contribution < -0.4 is 16.6 Å². The average Bonchev–Trinajstić information content (AvgIpc) is 3.31. The van der Waals surface area contributed by atoms with Crippen LogP contribution in [0.4, 0.5) is 5.69 Å². The molecule has 0 spiro atoms. The molecule has 1 amide bonds. The molecule has 11 heteroatoms. The highest BCUT2D eigenvalue weighted by Gasteiger charge is 2.16. The van der Waals surface area contributed by atoms with E-state index in [1.807, 2.05) is 6.07 Å². The predicted molar refractivity (Wildman–Crippen MR) is 130 cm³/mol. The lowest BCUT2D eigenvalue weighted by Gasteiger charge is -2.12. The molecular formula is C23H19ClN4O5S. The number of non-ortho nitro benzene ring substituents is 1. The van der Waals surface area contributed by atoms with Gasteiger partial charge in [0.2, 0.25) is 5.91 Å². The van der Waals surface area contributed by atoms with Crippen LogP contribution in [0.1, 0.15) is 17.5 Å². The highest BCUT2D eigenvalue weighted by Crippen LogP contribution is 2.19. The molecule has 1 N–H and O–H groups in total. The number of carbonyl (C=O) groups is 1. The standard InChI is InChI=1S/C23H19ClN4O5S/c24-18-7-2-1-5-16(18)13-25-20(29)8-10-26-22(30)21-19(9-11-34-21)27(23(26)31)14-15-4-3-6-17(12-15)28(32)33/h1-7,9,11-12H,8,10,13-14H2,(H,25,29). The van der Waals surface area contributed by atoms with Crippen molar-refractivity contribution in [3.63, 3.8) is 0 Å². The lowest BCUT2D eigenvalue weighted by atomic mass is 10.2. The number of fused-ring (bicyclic) bond motifs is 1. The molecule has 0 atom stereocenters. The molecule has 4 rings (SSSR count). The molecule has 4 aromatic rings. The minimum atomic E-state index is -0.582.